The van der Waals surface area contributed by atoms with E-state index in [4.69, 9.17) is 4.74 Å². The summed E-state index contributed by atoms with van der Waals surface area (Å²) < 4.78 is 27.9. The van der Waals surface area contributed by atoms with Crippen molar-refractivity contribution in [2.24, 2.45) is 0 Å². The predicted molar refractivity (Wildman–Crippen MR) is 37.8 cm³/mol. The minimum atomic E-state index is -2.34. The van der Waals surface area contributed by atoms with Gasteiger partial charge in [0.25, 0.3) is 6.43 Å². The first-order chi connectivity index (χ1) is 5.29. The molecule has 11 heavy (non-hydrogen) atoms. The van der Waals surface area contributed by atoms with E-state index in [0.717, 1.165) is 19.4 Å². The smallest absolute Gasteiger partial charge is 0.261 e. The molecule has 1 N–H and O–H groups in total. The Morgan fingerprint density at radius 3 is 2.91 bits per heavy atom. The molecule has 0 amide bonds. The van der Waals surface area contributed by atoms with E-state index in [9.17, 15) is 8.78 Å². The number of hydrogen-bond acceptors (Lipinski definition) is 2. The number of alkyl halides is 2. The van der Waals surface area contributed by atoms with Crippen molar-refractivity contribution >= 4 is 0 Å². The highest BCUT2D eigenvalue weighted by Gasteiger charge is 2.14. The number of rotatable bonds is 4. The third kappa shape index (κ3) is 3.62. The van der Waals surface area contributed by atoms with Crippen LogP contribution in [0.15, 0.2) is 0 Å². The molecule has 1 heterocycles. The van der Waals surface area contributed by atoms with Crippen molar-refractivity contribution < 1.29 is 13.5 Å². The Hall–Kier alpha value is -0.220. The number of hydrogen-bond donors (Lipinski definition) is 1. The summed E-state index contributed by atoms with van der Waals surface area (Å²) in [5, 5.41) is 3.16. The van der Waals surface area contributed by atoms with Crippen LogP contribution in [0.5, 0.6) is 0 Å². The van der Waals surface area contributed by atoms with E-state index in [-0.39, 0.29) is 0 Å². The number of ether oxygens (including phenoxy) is 1. The summed E-state index contributed by atoms with van der Waals surface area (Å²) in [5.74, 6) is 0. The monoisotopic (exact) mass is 165 g/mol. The van der Waals surface area contributed by atoms with Gasteiger partial charge in [0.2, 0.25) is 0 Å². The molecule has 0 aromatic carbocycles. The molecule has 1 fully saturated rings. The molecule has 4 heteroatoms. The fraction of sp³-hybridized carbons (Fsp3) is 1.00. The van der Waals surface area contributed by atoms with Crippen molar-refractivity contribution in [3.05, 3.63) is 0 Å². The summed E-state index contributed by atoms with van der Waals surface area (Å²) in [6.45, 7) is 0.977. The third-order valence-corrected chi connectivity index (χ3v) is 1.73. The van der Waals surface area contributed by atoms with Gasteiger partial charge in [0.15, 0.2) is 0 Å². The van der Waals surface area contributed by atoms with Gasteiger partial charge < -0.3 is 10.1 Å². The van der Waals surface area contributed by atoms with Gasteiger partial charge in [0, 0.05) is 6.04 Å². The van der Waals surface area contributed by atoms with E-state index in [2.05, 4.69) is 5.32 Å². The maximum Gasteiger partial charge on any atom is 0.261 e. The van der Waals surface area contributed by atoms with Gasteiger partial charge in [0.1, 0.15) is 6.61 Å². The highest BCUT2D eigenvalue weighted by molar-refractivity contribution is 4.73. The van der Waals surface area contributed by atoms with E-state index in [1.165, 1.54) is 0 Å². The molecule has 1 saturated heterocycles. The van der Waals surface area contributed by atoms with Gasteiger partial charge >= 0.3 is 0 Å². The Kier molecular flexibility index (Phi) is 3.72. The van der Waals surface area contributed by atoms with Gasteiger partial charge in [-0.25, -0.2) is 8.78 Å². The fourth-order valence-corrected chi connectivity index (χ4v) is 1.20. The zero-order chi connectivity index (χ0) is 8.10. The van der Waals surface area contributed by atoms with Gasteiger partial charge in [-0.1, -0.05) is 0 Å². The summed E-state index contributed by atoms with van der Waals surface area (Å²) >= 11 is 0. The molecule has 0 aliphatic carbocycles. The van der Waals surface area contributed by atoms with Gasteiger partial charge in [-0.05, 0) is 19.4 Å². The van der Waals surface area contributed by atoms with Crippen LogP contribution in [-0.4, -0.2) is 32.2 Å². The molecule has 0 saturated carbocycles. The van der Waals surface area contributed by atoms with Crippen LogP contribution < -0.4 is 5.32 Å². The number of halogens is 2. The topological polar surface area (TPSA) is 21.3 Å². The predicted octanol–water partition coefficient (Wildman–Crippen LogP) is 1.02. The standard InChI is InChI=1S/C7H13F2NO/c8-7(9)5-11-4-6-2-1-3-10-6/h6-7,10H,1-5H2/t6-/m1/s1. The molecule has 1 aliphatic heterocycles. The Balaban J connectivity index is 1.94. The fourth-order valence-electron chi connectivity index (χ4n) is 1.20. The molecule has 1 aliphatic rings. The normalized spacial score (nSPS) is 24.8. The second-order valence-electron chi connectivity index (χ2n) is 2.72. The van der Waals surface area contributed by atoms with Crippen LogP contribution in [-0.2, 0) is 4.74 Å². The van der Waals surface area contributed by atoms with Crippen LogP contribution in [0, 0.1) is 0 Å². The molecule has 0 bridgehead atoms. The molecule has 66 valence electrons. The average molecular weight is 165 g/mol. The molecule has 0 radical (unpaired) electrons. The maximum absolute atomic E-state index is 11.6. The summed E-state index contributed by atoms with van der Waals surface area (Å²) in [5.41, 5.74) is 0. The second-order valence-corrected chi connectivity index (χ2v) is 2.72. The van der Waals surface area contributed by atoms with Crippen LogP contribution in [0.4, 0.5) is 8.78 Å². The number of nitrogens with one attached hydrogen (secondary N) is 1. The molecule has 1 rings (SSSR count). The van der Waals surface area contributed by atoms with Gasteiger partial charge in [0.05, 0.1) is 6.61 Å². The van der Waals surface area contributed by atoms with Gasteiger partial charge in [-0.3, -0.25) is 0 Å². The minimum absolute atomic E-state index is 0.300. The molecular weight excluding hydrogens is 152 g/mol. The summed E-state index contributed by atoms with van der Waals surface area (Å²) in [7, 11) is 0. The SMILES string of the molecule is FC(F)COC[C@H]1CCCN1. The lowest BCUT2D eigenvalue weighted by atomic mass is 10.2. The molecule has 1 atom stereocenters. The van der Waals surface area contributed by atoms with E-state index in [1.54, 1.807) is 0 Å². The Labute approximate surface area is 64.9 Å². The van der Waals surface area contributed by atoms with E-state index < -0.39 is 13.0 Å². The van der Waals surface area contributed by atoms with Crippen molar-refractivity contribution in [3.63, 3.8) is 0 Å². The minimum Gasteiger partial charge on any atom is -0.374 e. The van der Waals surface area contributed by atoms with E-state index in [0.29, 0.717) is 12.6 Å². The Morgan fingerprint density at radius 2 is 2.36 bits per heavy atom. The lowest BCUT2D eigenvalue weighted by Gasteiger charge is -2.09. The quantitative estimate of drug-likeness (QED) is 0.671. The van der Waals surface area contributed by atoms with Crippen molar-refractivity contribution in [3.8, 4) is 0 Å². The summed E-state index contributed by atoms with van der Waals surface area (Å²) in [6.07, 6.45) is -0.164. The Morgan fingerprint density at radius 1 is 1.55 bits per heavy atom. The largest absolute Gasteiger partial charge is 0.374 e. The molecular formula is C7H13F2NO. The van der Waals surface area contributed by atoms with Crippen LogP contribution in [0.2, 0.25) is 0 Å². The first-order valence-corrected chi connectivity index (χ1v) is 3.88. The van der Waals surface area contributed by atoms with Crippen molar-refractivity contribution in [2.75, 3.05) is 19.8 Å². The zero-order valence-electron chi connectivity index (χ0n) is 6.35. The van der Waals surface area contributed by atoms with E-state index in [1.807, 2.05) is 0 Å². The molecule has 0 aromatic rings. The highest BCUT2D eigenvalue weighted by atomic mass is 19.3. The second kappa shape index (κ2) is 4.62. The molecule has 2 nitrogen and oxygen atoms in total. The van der Waals surface area contributed by atoms with Crippen LogP contribution >= 0.6 is 0 Å². The van der Waals surface area contributed by atoms with Crippen LogP contribution in [0.1, 0.15) is 12.8 Å². The van der Waals surface area contributed by atoms with E-state index >= 15 is 0 Å². The molecule has 0 aromatic heterocycles. The van der Waals surface area contributed by atoms with Gasteiger partial charge in [-0.15, -0.1) is 0 Å². The Bertz CT molecular complexity index is 105. The summed E-state index contributed by atoms with van der Waals surface area (Å²) in [4.78, 5) is 0. The first-order valence-electron chi connectivity index (χ1n) is 3.88. The highest BCUT2D eigenvalue weighted by Crippen LogP contribution is 2.05. The van der Waals surface area contributed by atoms with Crippen LogP contribution in [0.25, 0.3) is 0 Å². The maximum atomic E-state index is 11.6. The third-order valence-electron chi connectivity index (χ3n) is 1.73. The van der Waals surface area contributed by atoms with Crippen LogP contribution in [0.3, 0.4) is 0 Å². The van der Waals surface area contributed by atoms with Gasteiger partial charge in [-0.2, -0.15) is 0 Å². The zero-order valence-corrected chi connectivity index (χ0v) is 6.35. The lowest BCUT2D eigenvalue weighted by Crippen LogP contribution is -2.27. The molecule has 0 spiro atoms. The van der Waals surface area contributed by atoms with Crippen molar-refractivity contribution in [2.45, 2.75) is 25.3 Å². The summed E-state index contributed by atoms with van der Waals surface area (Å²) in [6, 6.07) is 0.300. The van der Waals surface area contributed by atoms with Crippen molar-refractivity contribution in [1.82, 2.24) is 5.32 Å². The lowest BCUT2D eigenvalue weighted by molar-refractivity contribution is 0.0111. The average Bonchev–Trinajstić information content (AvgIpc) is 2.39. The first kappa shape index (κ1) is 8.87. The molecule has 0 unspecified atom stereocenters. The van der Waals surface area contributed by atoms with Crippen molar-refractivity contribution in [1.29, 1.82) is 0 Å².